The SMILES string of the molecule is C#Cc1c(C)cccc1C(=O)N(CCC)CCC. The standard InChI is InChI=1S/C16H21NO/c1-5-11-17(12-6-2)16(18)15-10-8-9-13(4)14(15)7-3/h3,8-10H,5-6,11-12H2,1-2,4H3. The van der Waals surface area contributed by atoms with Crippen molar-refractivity contribution in [1.82, 2.24) is 4.90 Å². The second-order valence-electron chi connectivity index (χ2n) is 4.43. The molecule has 18 heavy (non-hydrogen) atoms. The molecule has 0 aliphatic heterocycles. The van der Waals surface area contributed by atoms with Crippen molar-refractivity contribution in [2.24, 2.45) is 0 Å². The average Bonchev–Trinajstić information content (AvgIpc) is 2.37. The molecular weight excluding hydrogens is 222 g/mol. The van der Waals surface area contributed by atoms with Crippen molar-refractivity contribution in [3.63, 3.8) is 0 Å². The average molecular weight is 243 g/mol. The van der Waals surface area contributed by atoms with Gasteiger partial charge in [0.15, 0.2) is 0 Å². The number of amides is 1. The number of aryl methyl sites for hydroxylation is 1. The Morgan fingerprint density at radius 1 is 1.28 bits per heavy atom. The van der Waals surface area contributed by atoms with E-state index >= 15 is 0 Å². The molecule has 0 saturated heterocycles. The lowest BCUT2D eigenvalue weighted by Gasteiger charge is -2.22. The first-order valence-electron chi connectivity index (χ1n) is 6.51. The van der Waals surface area contributed by atoms with Gasteiger partial charge in [-0.3, -0.25) is 4.79 Å². The van der Waals surface area contributed by atoms with Crippen LogP contribution in [-0.4, -0.2) is 23.9 Å². The van der Waals surface area contributed by atoms with Crippen molar-refractivity contribution in [2.75, 3.05) is 13.1 Å². The predicted molar refractivity (Wildman–Crippen MR) is 75.6 cm³/mol. The zero-order valence-corrected chi connectivity index (χ0v) is 11.5. The van der Waals surface area contributed by atoms with Crippen molar-refractivity contribution in [3.05, 3.63) is 34.9 Å². The smallest absolute Gasteiger partial charge is 0.255 e. The van der Waals surface area contributed by atoms with Gasteiger partial charge in [0.1, 0.15) is 0 Å². The number of rotatable bonds is 5. The maximum atomic E-state index is 12.5. The third-order valence-electron chi connectivity index (χ3n) is 2.92. The fourth-order valence-corrected chi connectivity index (χ4v) is 2.06. The maximum Gasteiger partial charge on any atom is 0.255 e. The van der Waals surface area contributed by atoms with Crippen LogP contribution in [0.15, 0.2) is 18.2 Å². The van der Waals surface area contributed by atoms with Crippen molar-refractivity contribution in [3.8, 4) is 12.3 Å². The van der Waals surface area contributed by atoms with Crippen LogP contribution < -0.4 is 0 Å². The molecule has 1 aromatic rings. The van der Waals surface area contributed by atoms with E-state index in [4.69, 9.17) is 6.42 Å². The number of carbonyl (C=O) groups excluding carboxylic acids is 1. The molecule has 0 aromatic heterocycles. The molecule has 0 spiro atoms. The lowest BCUT2D eigenvalue weighted by Crippen LogP contribution is -2.33. The van der Waals surface area contributed by atoms with Crippen LogP contribution in [0.2, 0.25) is 0 Å². The van der Waals surface area contributed by atoms with Crippen LogP contribution in [0, 0.1) is 19.3 Å². The van der Waals surface area contributed by atoms with Gasteiger partial charge in [-0.15, -0.1) is 6.42 Å². The van der Waals surface area contributed by atoms with E-state index in [9.17, 15) is 4.79 Å². The number of hydrogen-bond acceptors (Lipinski definition) is 1. The fourth-order valence-electron chi connectivity index (χ4n) is 2.06. The van der Waals surface area contributed by atoms with Crippen molar-refractivity contribution in [1.29, 1.82) is 0 Å². The topological polar surface area (TPSA) is 20.3 Å². The predicted octanol–water partition coefficient (Wildman–Crippen LogP) is 3.24. The first kappa shape index (κ1) is 14.3. The van der Waals surface area contributed by atoms with Crippen LogP contribution in [0.5, 0.6) is 0 Å². The number of carbonyl (C=O) groups is 1. The van der Waals surface area contributed by atoms with E-state index in [1.807, 2.05) is 30.0 Å². The third kappa shape index (κ3) is 3.13. The van der Waals surface area contributed by atoms with Gasteiger partial charge in [-0.1, -0.05) is 31.9 Å². The molecule has 0 aliphatic rings. The second-order valence-corrected chi connectivity index (χ2v) is 4.43. The summed E-state index contributed by atoms with van der Waals surface area (Å²) < 4.78 is 0. The molecule has 0 fully saturated rings. The lowest BCUT2D eigenvalue weighted by molar-refractivity contribution is 0.0755. The van der Waals surface area contributed by atoms with Crippen LogP contribution in [0.4, 0.5) is 0 Å². The molecule has 1 amide bonds. The molecule has 0 atom stereocenters. The molecule has 0 unspecified atom stereocenters. The monoisotopic (exact) mass is 243 g/mol. The summed E-state index contributed by atoms with van der Waals surface area (Å²) in [6, 6.07) is 5.65. The number of terminal acetylenes is 1. The van der Waals surface area contributed by atoms with Gasteiger partial charge >= 0.3 is 0 Å². The van der Waals surface area contributed by atoms with E-state index < -0.39 is 0 Å². The highest BCUT2D eigenvalue weighted by atomic mass is 16.2. The molecule has 2 nitrogen and oxygen atoms in total. The van der Waals surface area contributed by atoms with Crippen LogP contribution in [-0.2, 0) is 0 Å². The normalized spacial score (nSPS) is 9.89. The minimum Gasteiger partial charge on any atom is -0.339 e. The van der Waals surface area contributed by atoms with Crippen molar-refractivity contribution >= 4 is 5.91 Å². The zero-order chi connectivity index (χ0) is 13.5. The lowest BCUT2D eigenvalue weighted by atomic mass is 10.0. The summed E-state index contributed by atoms with van der Waals surface area (Å²) in [5.74, 6) is 2.69. The number of nitrogens with zero attached hydrogens (tertiary/aromatic N) is 1. The molecule has 0 saturated carbocycles. The molecule has 0 N–H and O–H groups in total. The third-order valence-corrected chi connectivity index (χ3v) is 2.92. The van der Waals surface area contributed by atoms with E-state index in [2.05, 4.69) is 19.8 Å². The molecule has 1 aromatic carbocycles. The minimum atomic E-state index is 0.0513. The largest absolute Gasteiger partial charge is 0.339 e. The first-order chi connectivity index (χ1) is 8.65. The summed E-state index contributed by atoms with van der Waals surface area (Å²) in [5, 5.41) is 0. The van der Waals surface area contributed by atoms with Gasteiger partial charge in [-0.05, 0) is 31.4 Å². The van der Waals surface area contributed by atoms with Crippen LogP contribution in [0.3, 0.4) is 0 Å². The van der Waals surface area contributed by atoms with E-state index in [-0.39, 0.29) is 5.91 Å². The Bertz CT molecular complexity index is 451. The highest BCUT2D eigenvalue weighted by Crippen LogP contribution is 2.15. The highest BCUT2D eigenvalue weighted by molar-refractivity contribution is 5.97. The van der Waals surface area contributed by atoms with E-state index in [1.54, 1.807) is 0 Å². The maximum absolute atomic E-state index is 12.5. The summed E-state index contributed by atoms with van der Waals surface area (Å²) >= 11 is 0. The second kappa shape index (κ2) is 6.86. The summed E-state index contributed by atoms with van der Waals surface area (Å²) in [4.78, 5) is 14.4. The Morgan fingerprint density at radius 3 is 2.39 bits per heavy atom. The minimum absolute atomic E-state index is 0.0513. The molecular formula is C16H21NO. The molecule has 96 valence electrons. The Morgan fingerprint density at radius 2 is 1.89 bits per heavy atom. The Kier molecular flexibility index (Phi) is 5.45. The van der Waals surface area contributed by atoms with Crippen LogP contribution in [0.1, 0.15) is 48.2 Å². The fraction of sp³-hybridized carbons (Fsp3) is 0.438. The van der Waals surface area contributed by atoms with Gasteiger partial charge in [0.2, 0.25) is 0 Å². The van der Waals surface area contributed by atoms with E-state index in [1.165, 1.54) is 0 Å². The number of benzene rings is 1. The molecule has 0 heterocycles. The first-order valence-corrected chi connectivity index (χ1v) is 6.51. The van der Waals surface area contributed by atoms with Gasteiger partial charge in [-0.25, -0.2) is 0 Å². The van der Waals surface area contributed by atoms with Crippen molar-refractivity contribution in [2.45, 2.75) is 33.6 Å². The zero-order valence-electron chi connectivity index (χ0n) is 11.5. The molecule has 1 rings (SSSR count). The Balaban J connectivity index is 3.09. The van der Waals surface area contributed by atoms with Gasteiger partial charge in [-0.2, -0.15) is 0 Å². The molecule has 2 heteroatoms. The van der Waals surface area contributed by atoms with Crippen LogP contribution >= 0.6 is 0 Å². The Labute approximate surface area is 110 Å². The molecule has 0 radical (unpaired) electrons. The molecule has 0 aliphatic carbocycles. The van der Waals surface area contributed by atoms with Gasteiger partial charge in [0, 0.05) is 18.7 Å². The van der Waals surface area contributed by atoms with Crippen LogP contribution in [0.25, 0.3) is 0 Å². The summed E-state index contributed by atoms with van der Waals surface area (Å²) in [7, 11) is 0. The van der Waals surface area contributed by atoms with E-state index in [0.717, 1.165) is 37.1 Å². The van der Waals surface area contributed by atoms with Gasteiger partial charge in [0.05, 0.1) is 5.56 Å². The highest BCUT2D eigenvalue weighted by Gasteiger charge is 2.17. The van der Waals surface area contributed by atoms with E-state index in [0.29, 0.717) is 5.56 Å². The quantitative estimate of drug-likeness (QED) is 0.727. The summed E-state index contributed by atoms with van der Waals surface area (Å²) in [6.07, 6.45) is 7.44. The number of hydrogen-bond donors (Lipinski definition) is 0. The van der Waals surface area contributed by atoms with Gasteiger partial charge < -0.3 is 4.90 Å². The summed E-state index contributed by atoms with van der Waals surface area (Å²) in [5.41, 5.74) is 2.36. The van der Waals surface area contributed by atoms with Gasteiger partial charge in [0.25, 0.3) is 5.91 Å². The van der Waals surface area contributed by atoms with Crippen molar-refractivity contribution < 1.29 is 4.79 Å². The molecule has 0 bridgehead atoms. The summed E-state index contributed by atoms with van der Waals surface area (Å²) in [6.45, 7) is 7.66. The Hall–Kier alpha value is -1.75.